The van der Waals surface area contributed by atoms with Gasteiger partial charge < -0.3 is 0 Å². The Bertz CT molecular complexity index is 2820. The summed E-state index contributed by atoms with van der Waals surface area (Å²) in [5.74, 6) is -0.363. The van der Waals surface area contributed by atoms with Crippen molar-refractivity contribution in [3.63, 3.8) is 0 Å². The molecule has 0 bridgehead atoms. The van der Waals surface area contributed by atoms with Crippen molar-refractivity contribution in [2.24, 2.45) is 0 Å². The summed E-state index contributed by atoms with van der Waals surface area (Å²) in [6, 6.07) is 31.0. The Labute approximate surface area is 340 Å². The molecule has 0 saturated heterocycles. The van der Waals surface area contributed by atoms with E-state index in [0.717, 1.165) is 121 Å². The van der Waals surface area contributed by atoms with Gasteiger partial charge in [-0.3, -0.25) is 19.0 Å². The summed E-state index contributed by atoms with van der Waals surface area (Å²) >= 11 is 0. The Hall–Kier alpha value is -6.08. The molecule has 286 valence electrons. The largest absolute Gasteiger partial charge is 0.846 e. The SMILES string of the molecule is Cc1cc(C)c(C2=[N+]3B(F)n4c(ccc4-c4c(C)cc(C)cc4C)C(c4ccc(-c5ccc6c7c(cccc57)C(=O)N(C5CCCCC5)C6=O)cc4)=C3C=C2)c(C)c1. The number of aryl methyl sites for hydroxylation is 6. The maximum Gasteiger partial charge on any atom is 0.846 e. The molecule has 5 aromatic carbocycles. The van der Waals surface area contributed by atoms with Crippen LogP contribution in [-0.4, -0.2) is 44.7 Å². The van der Waals surface area contributed by atoms with Crippen LogP contribution in [-0.2, 0) is 0 Å². The second-order valence-corrected chi connectivity index (χ2v) is 16.9. The molecule has 1 aromatic heterocycles. The number of rotatable bonds is 5. The second-order valence-electron chi connectivity index (χ2n) is 16.9. The standard InChI is InChI=1S/C51H46BFN3O2/c1-29-25-31(3)46(32(4)26-29)42-21-23-44-48(45-24-22-43(56(45)52(53)55(42)44)47-33(5)27-30(2)28-34(47)6)36-17-15-35(16-18-36)38-19-20-41-49-39(38)13-10-14-40(49)50(57)54(51(41)58)37-11-8-7-9-12-37/h10,13-28,37H,7-9,11-12H2,1-6H3/q+1. The molecule has 0 radical (unpaired) electrons. The van der Waals surface area contributed by atoms with E-state index in [1.54, 1.807) is 4.90 Å². The van der Waals surface area contributed by atoms with Gasteiger partial charge in [0.2, 0.25) is 0 Å². The van der Waals surface area contributed by atoms with Crippen molar-refractivity contribution in [2.45, 2.75) is 79.7 Å². The molecule has 10 rings (SSSR count). The normalized spacial score (nSPS) is 16.6. The van der Waals surface area contributed by atoms with Crippen molar-refractivity contribution in [3.8, 4) is 22.4 Å². The van der Waals surface area contributed by atoms with Gasteiger partial charge in [-0.05, 0) is 123 Å². The maximum absolute atomic E-state index is 17.7. The number of imide groups is 1. The fourth-order valence-corrected chi connectivity index (χ4v) is 10.7. The van der Waals surface area contributed by atoms with Crippen LogP contribution in [0.3, 0.4) is 0 Å². The summed E-state index contributed by atoms with van der Waals surface area (Å²) < 4.78 is 21.4. The van der Waals surface area contributed by atoms with Crippen LogP contribution in [0.2, 0.25) is 0 Å². The van der Waals surface area contributed by atoms with Crippen LogP contribution in [0, 0.1) is 41.5 Å². The molecular weight excluding hydrogens is 716 g/mol. The Morgan fingerprint density at radius 1 is 0.621 bits per heavy atom. The minimum atomic E-state index is -1.47. The zero-order valence-corrected chi connectivity index (χ0v) is 34.0. The predicted molar refractivity (Wildman–Crippen MR) is 233 cm³/mol. The van der Waals surface area contributed by atoms with E-state index in [-0.39, 0.29) is 17.9 Å². The minimum absolute atomic E-state index is 0.0430. The number of allylic oxidation sites excluding steroid dienone is 2. The average Bonchev–Trinajstić information content (AvgIpc) is 3.83. The molecule has 0 spiro atoms. The van der Waals surface area contributed by atoms with Crippen molar-refractivity contribution < 1.29 is 18.4 Å². The molecule has 6 aromatic rings. The lowest BCUT2D eigenvalue weighted by Gasteiger charge is -2.36. The van der Waals surface area contributed by atoms with Crippen LogP contribution in [0.1, 0.15) is 103 Å². The molecule has 0 unspecified atom stereocenters. The van der Waals surface area contributed by atoms with Gasteiger partial charge in [-0.2, -0.15) is 0 Å². The molecule has 7 heteroatoms. The van der Waals surface area contributed by atoms with Gasteiger partial charge in [0.25, 0.3) is 11.8 Å². The number of aromatic nitrogens is 1. The third kappa shape index (κ3) is 5.39. The van der Waals surface area contributed by atoms with Crippen molar-refractivity contribution in [3.05, 3.63) is 170 Å². The number of halogens is 1. The molecule has 1 saturated carbocycles. The number of benzene rings is 5. The number of nitrogens with zero attached hydrogens (tertiary/aromatic N) is 3. The van der Waals surface area contributed by atoms with Gasteiger partial charge in [-0.25, -0.2) is 8.80 Å². The van der Waals surface area contributed by atoms with Crippen LogP contribution in [0.5, 0.6) is 0 Å². The summed E-state index contributed by atoms with van der Waals surface area (Å²) in [4.78, 5) is 29.5. The fourth-order valence-electron chi connectivity index (χ4n) is 10.7. The molecule has 2 amide bonds. The number of carbonyl (C=O) groups excluding carboxylic acids is 2. The highest BCUT2D eigenvalue weighted by molar-refractivity contribution is 6.45. The van der Waals surface area contributed by atoms with Crippen molar-refractivity contribution >= 4 is 41.1 Å². The zero-order valence-electron chi connectivity index (χ0n) is 34.0. The lowest BCUT2D eigenvalue weighted by atomic mass is 9.85. The molecule has 58 heavy (non-hydrogen) atoms. The number of hydrogen-bond donors (Lipinski definition) is 0. The van der Waals surface area contributed by atoms with Gasteiger partial charge in [0.05, 0.1) is 11.3 Å². The summed E-state index contributed by atoms with van der Waals surface area (Å²) in [5, 5.41) is 1.63. The van der Waals surface area contributed by atoms with Crippen molar-refractivity contribution in [1.29, 1.82) is 0 Å². The number of carbonyl (C=O) groups is 2. The molecule has 4 heterocycles. The first-order valence-corrected chi connectivity index (χ1v) is 20.7. The molecule has 0 atom stereocenters. The predicted octanol–water partition coefficient (Wildman–Crippen LogP) is 11.4. The quantitative estimate of drug-likeness (QED) is 0.130. The first kappa shape index (κ1) is 36.3. The maximum atomic E-state index is 17.7. The zero-order chi connectivity index (χ0) is 40.1. The minimum Gasteiger partial charge on any atom is -0.285 e. The summed E-state index contributed by atoms with van der Waals surface area (Å²) in [5.41, 5.74) is 17.4. The van der Waals surface area contributed by atoms with E-state index in [4.69, 9.17) is 0 Å². The highest BCUT2D eigenvalue weighted by atomic mass is 19.1. The second kappa shape index (κ2) is 13.5. The van der Waals surface area contributed by atoms with E-state index in [2.05, 4.69) is 114 Å². The van der Waals surface area contributed by atoms with Gasteiger partial charge >= 0.3 is 7.26 Å². The Morgan fingerprint density at radius 3 is 1.84 bits per heavy atom. The first-order chi connectivity index (χ1) is 28.0. The van der Waals surface area contributed by atoms with Crippen LogP contribution in [0.4, 0.5) is 4.32 Å². The van der Waals surface area contributed by atoms with Crippen molar-refractivity contribution in [2.75, 3.05) is 0 Å². The van der Waals surface area contributed by atoms with Crippen LogP contribution < -0.4 is 0 Å². The molecule has 3 aliphatic heterocycles. The Morgan fingerprint density at radius 2 is 1.19 bits per heavy atom. The molecule has 1 fully saturated rings. The fraction of sp³-hybridized carbons (Fsp3) is 0.235. The van der Waals surface area contributed by atoms with Gasteiger partial charge in [0.15, 0.2) is 11.4 Å². The van der Waals surface area contributed by atoms with E-state index in [0.29, 0.717) is 11.1 Å². The third-order valence-electron chi connectivity index (χ3n) is 13.0. The van der Waals surface area contributed by atoms with Gasteiger partial charge in [0.1, 0.15) is 0 Å². The molecule has 5 nitrogen and oxygen atoms in total. The number of hydrogen-bond acceptors (Lipinski definition) is 2. The van der Waals surface area contributed by atoms with Crippen LogP contribution in [0.25, 0.3) is 38.7 Å². The molecule has 0 N–H and O–H groups in total. The average molecular weight is 763 g/mol. The lowest BCUT2D eigenvalue weighted by molar-refractivity contribution is -0.334. The molecule has 4 aliphatic rings. The van der Waals surface area contributed by atoms with Crippen LogP contribution >= 0.6 is 0 Å². The summed E-state index contributed by atoms with van der Waals surface area (Å²) in [6.45, 7) is 12.7. The first-order valence-electron chi connectivity index (χ1n) is 20.7. The van der Waals surface area contributed by atoms with E-state index < -0.39 is 7.26 Å². The van der Waals surface area contributed by atoms with E-state index >= 15 is 4.32 Å². The Balaban J connectivity index is 1.12. The monoisotopic (exact) mass is 762 g/mol. The topological polar surface area (TPSA) is 45.3 Å². The summed E-state index contributed by atoms with van der Waals surface area (Å²) in [7, 11) is -1.47. The number of fused-ring (bicyclic) bond motifs is 2. The number of amides is 2. The lowest BCUT2D eigenvalue weighted by Crippen LogP contribution is -2.47. The van der Waals surface area contributed by atoms with E-state index in [9.17, 15) is 9.59 Å². The Kier molecular flexibility index (Phi) is 8.45. The summed E-state index contributed by atoms with van der Waals surface area (Å²) in [6.07, 6.45) is 9.11. The van der Waals surface area contributed by atoms with E-state index in [1.165, 1.54) is 11.1 Å². The van der Waals surface area contributed by atoms with E-state index in [1.807, 2.05) is 39.3 Å². The molecule has 1 aliphatic carbocycles. The smallest absolute Gasteiger partial charge is 0.285 e. The van der Waals surface area contributed by atoms with Crippen molar-refractivity contribution in [1.82, 2.24) is 9.38 Å². The highest BCUT2D eigenvalue weighted by Gasteiger charge is 2.51. The van der Waals surface area contributed by atoms with Gasteiger partial charge in [0, 0.05) is 51.5 Å². The van der Waals surface area contributed by atoms with Gasteiger partial charge in [-0.1, -0.05) is 97.1 Å². The third-order valence-corrected chi connectivity index (χ3v) is 13.0. The van der Waals surface area contributed by atoms with Gasteiger partial charge in [-0.15, -0.1) is 0 Å². The molecular formula is C51H46BFN3O2+. The highest BCUT2D eigenvalue weighted by Crippen LogP contribution is 2.43. The van der Waals surface area contributed by atoms with Crippen LogP contribution in [0.15, 0.2) is 109 Å².